The zero-order chi connectivity index (χ0) is 17.8. The van der Waals surface area contributed by atoms with Crippen LogP contribution in [0.5, 0.6) is 5.75 Å². The van der Waals surface area contributed by atoms with Crippen LogP contribution in [0.2, 0.25) is 0 Å². The lowest BCUT2D eigenvalue weighted by Gasteiger charge is -2.34. The lowest BCUT2D eigenvalue weighted by molar-refractivity contribution is 0.0639. The van der Waals surface area contributed by atoms with Gasteiger partial charge in [-0.15, -0.1) is 0 Å². The van der Waals surface area contributed by atoms with E-state index >= 15 is 0 Å². The number of nitrogens with zero attached hydrogens (tertiary/aromatic N) is 2. The summed E-state index contributed by atoms with van der Waals surface area (Å²) in [4.78, 5) is 28.1. The van der Waals surface area contributed by atoms with Gasteiger partial charge in [-0.05, 0) is 43.3 Å². The van der Waals surface area contributed by atoms with Crippen LogP contribution in [0.25, 0.3) is 0 Å². The van der Waals surface area contributed by atoms with Crippen molar-refractivity contribution < 1.29 is 18.7 Å². The highest BCUT2D eigenvalue weighted by Crippen LogP contribution is 2.16. The Morgan fingerprint density at radius 3 is 2.20 bits per heavy atom. The summed E-state index contributed by atoms with van der Waals surface area (Å²) in [5.74, 6) is 1.65. The molecule has 0 saturated carbocycles. The maximum Gasteiger partial charge on any atom is 0.321 e. The number of furan rings is 1. The van der Waals surface area contributed by atoms with Gasteiger partial charge in [0.05, 0.1) is 7.11 Å². The molecule has 2 aromatic rings. The first-order chi connectivity index (χ1) is 12.1. The topological polar surface area (TPSA) is 75.0 Å². The Balaban J connectivity index is 1.52. The Hall–Kier alpha value is -2.96. The third-order valence-corrected chi connectivity index (χ3v) is 4.15. The van der Waals surface area contributed by atoms with Crippen molar-refractivity contribution in [3.05, 3.63) is 47.9 Å². The molecule has 132 valence electrons. The number of aryl methyl sites for hydroxylation is 1. The Kier molecular flexibility index (Phi) is 4.92. The molecule has 0 bridgehead atoms. The fourth-order valence-electron chi connectivity index (χ4n) is 2.69. The molecule has 3 amide bonds. The second kappa shape index (κ2) is 7.29. The van der Waals surface area contributed by atoms with E-state index < -0.39 is 0 Å². The maximum absolute atomic E-state index is 12.3. The number of ether oxygens (including phenoxy) is 1. The van der Waals surface area contributed by atoms with Gasteiger partial charge in [0.25, 0.3) is 5.91 Å². The van der Waals surface area contributed by atoms with Crippen LogP contribution >= 0.6 is 0 Å². The molecule has 1 aromatic heterocycles. The van der Waals surface area contributed by atoms with Crippen molar-refractivity contribution in [2.45, 2.75) is 6.92 Å². The van der Waals surface area contributed by atoms with E-state index in [-0.39, 0.29) is 11.9 Å². The number of anilines is 1. The summed E-state index contributed by atoms with van der Waals surface area (Å²) in [6, 6.07) is 10.4. The molecule has 25 heavy (non-hydrogen) atoms. The van der Waals surface area contributed by atoms with Crippen molar-refractivity contribution in [1.29, 1.82) is 0 Å². The fraction of sp³-hybridized carbons (Fsp3) is 0.333. The van der Waals surface area contributed by atoms with Crippen molar-refractivity contribution in [2.24, 2.45) is 0 Å². The van der Waals surface area contributed by atoms with Crippen LogP contribution in [-0.4, -0.2) is 55.0 Å². The molecular formula is C18H21N3O4. The highest BCUT2D eigenvalue weighted by atomic mass is 16.5. The predicted octanol–water partition coefficient (Wildman–Crippen LogP) is 2.59. The summed E-state index contributed by atoms with van der Waals surface area (Å²) in [5, 5.41) is 2.85. The molecule has 0 unspecified atom stereocenters. The number of urea groups is 1. The minimum Gasteiger partial charge on any atom is -0.497 e. The number of methoxy groups -OCH3 is 1. The molecule has 1 saturated heterocycles. The number of benzene rings is 1. The van der Waals surface area contributed by atoms with Gasteiger partial charge >= 0.3 is 6.03 Å². The smallest absolute Gasteiger partial charge is 0.321 e. The molecule has 7 heteroatoms. The summed E-state index contributed by atoms with van der Waals surface area (Å²) >= 11 is 0. The summed E-state index contributed by atoms with van der Waals surface area (Å²) in [6.07, 6.45) is 0. The van der Waals surface area contributed by atoms with Gasteiger partial charge < -0.3 is 24.3 Å². The van der Waals surface area contributed by atoms with Crippen molar-refractivity contribution in [3.8, 4) is 5.75 Å². The van der Waals surface area contributed by atoms with E-state index in [0.29, 0.717) is 43.4 Å². The van der Waals surface area contributed by atoms with Gasteiger partial charge in [0.15, 0.2) is 5.76 Å². The Bertz CT molecular complexity index is 746. The van der Waals surface area contributed by atoms with E-state index in [1.54, 1.807) is 60.2 Å². The van der Waals surface area contributed by atoms with Crippen LogP contribution in [-0.2, 0) is 0 Å². The van der Waals surface area contributed by atoms with Crippen molar-refractivity contribution >= 4 is 17.6 Å². The zero-order valence-electron chi connectivity index (χ0n) is 14.3. The van der Waals surface area contributed by atoms with Crippen LogP contribution in [0.3, 0.4) is 0 Å². The van der Waals surface area contributed by atoms with Crippen LogP contribution in [0.1, 0.15) is 16.3 Å². The molecule has 1 N–H and O–H groups in total. The lowest BCUT2D eigenvalue weighted by Crippen LogP contribution is -2.51. The van der Waals surface area contributed by atoms with Crippen molar-refractivity contribution in [2.75, 3.05) is 38.6 Å². The number of piperazine rings is 1. The van der Waals surface area contributed by atoms with Gasteiger partial charge in [0, 0.05) is 31.9 Å². The molecule has 1 aromatic carbocycles. The number of hydrogen-bond acceptors (Lipinski definition) is 4. The second-order valence-corrected chi connectivity index (χ2v) is 5.85. The number of carbonyl (C=O) groups is 2. The molecule has 7 nitrogen and oxygen atoms in total. The van der Waals surface area contributed by atoms with E-state index in [9.17, 15) is 9.59 Å². The minimum atomic E-state index is -0.175. The van der Waals surface area contributed by atoms with Crippen molar-refractivity contribution in [3.63, 3.8) is 0 Å². The molecule has 0 atom stereocenters. The van der Waals surface area contributed by atoms with Crippen LogP contribution < -0.4 is 10.1 Å². The molecular weight excluding hydrogens is 322 g/mol. The number of nitrogens with one attached hydrogen (secondary N) is 1. The highest BCUT2D eigenvalue weighted by Gasteiger charge is 2.26. The average Bonchev–Trinajstić information content (AvgIpc) is 3.08. The minimum absolute atomic E-state index is 0.136. The first kappa shape index (κ1) is 16.9. The summed E-state index contributed by atoms with van der Waals surface area (Å²) < 4.78 is 10.5. The normalized spacial score (nSPS) is 14.3. The molecule has 1 fully saturated rings. The Morgan fingerprint density at radius 2 is 1.64 bits per heavy atom. The SMILES string of the molecule is COc1ccc(NC(=O)N2CCN(C(=O)c3ccc(C)o3)CC2)cc1. The first-order valence-corrected chi connectivity index (χ1v) is 8.12. The van der Waals surface area contributed by atoms with Crippen LogP contribution in [0.4, 0.5) is 10.5 Å². The van der Waals surface area contributed by atoms with Crippen LogP contribution in [0, 0.1) is 6.92 Å². The van der Waals surface area contributed by atoms with Gasteiger partial charge in [-0.25, -0.2) is 4.79 Å². The molecule has 0 aliphatic carbocycles. The van der Waals surface area contributed by atoms with Gasteiger partial charge in [0.2, 0.25) is 0 Å². The summed E-state index contributed by atoms with van der Waals surface area (Å²) in [5.41, 5.74) is 0.704. The van der Waals surface area contributed by atoms with E-state index in [1.165, 1.54) is 0 Å². The van der Waals surface area contributed by atoms with E-state index in [0.717, 1.165) is 5.75 Å². The Labute approximate surface area is 146 Å². The molecule has 1 aliphatic heterocycles. The number of amides is 3. The van der Waals surface area contributed by atoms with Crippen molar-refractivity contribution in [1.82, 2.24) is 9.80 Å². The van der Waals surface area contributed by atoms with Gasteiger partial charge in [-0.2, -0.15) is 0 Å². The average molecular weight is 343 g/mol. The number of rotatable bonds is 3. The molecule has 3 rings (SSSR count). The van der Waals surface area contributed by atoms with Crippen LogP contribution in [0.15, 0.2) is 40.8 Å². The monoisotopic (exact) mass is 343 g/mol. The Morgan fingerprint density at radius 1 is 1.00 bits per heavy atom. The molecule has 0 radical (unpaired) electrons. The fourth-order valence-corrected chi connectivity index (χ4v) is 2.69. The van der Waals surface area contributed by atoms with Gasteiger partial charge in [0.1, 0.15) is 11.5 Å². The van der Waals surface area contributed by atoms with Gasteiger partial charge in [-0.3, -0.25) is 4.79 Å². The predicted molar refractivity (Wildman–Crippen MR) is 92.9 cm³/mol. The second-order valence-electron chi connectivity index (χ2n) is 5.85. The zero-order valence-corrected chi connectivity index (χ0v) is 14.3. The first-order valence-electron chi connectivity index (χ1n) is 8.12. The van der Waals surface area contributed by atoms with E-state index in [2.05, 4.69) is 5.32 Å². The quantitative estimate of drug-likeness (QED) is 0.929. The van der Waals surface area contributed by atoms with Gasteiger partial charge in [-0.1, -0.05) is 0 Å². The molecule has 0 spiro atoms. The molecule has 1 aliphatic rings. The number of hydrogen-bond donors (Lipinski definition) is 1. The standard InChI is InChI=1S/C18H21N3O4/c1-13-3-8-16(25-13)17(22)20-9-11-21(12-10-20)18(23)19-14-4-6-15(24-2)7-5-14/h3-8H,9-12H2,1-2H3,(H,19,23). The third-order valence-electron chi connectivity index (χ3n) is 4.15. The lowest BCUT2D eigenvalue weighted by atomic mass is 10.3. The maximum atomic E-state index is 12.3. The van der Waals surface area contributed by atoms with E-state index in [4.69, 9.17) is 9.15 Å². The van der Waals surface area contributed by atoms with E-state index in [1.807, 2.05) is 0 Å². The third kappa shape index (κ3) is 3.93. The molecule has 2 heterocycles. The highest BCUT2D eigenvalue weighted by molar-refractivity contribution is 5.92. The number of carbonyl (C=O) groups excluding carboxylic acids is 2. The summed E-state index contributed by atoms with van der Waals surface area (Å²) in [6.45, 7) is 3.72. The largest absolute Gasteiger partial charge is 0.497 e. The summed E-state index contributed by atoms with van der Waals surface area (Å²) in [7, 11) is 1.60.